The van der Waals surface area contributed by atoms with E-state index in [4.69, 9.17) is 21.1 Å². The zero-order valence-electron chi connectivity index (χ0n) is 17.0. The molecule has 0 radical (unpaired) electrons. The molecule has 0 unspecified atom stereocenters. The van der Waals surface area contributed by atoms with Crippen molar-refractivity contribution in [2.45, 2.75) is 36.5 Å². The van der Waals surface area contributed by atoms with Gasteiger partial charge in [0, 0.05) is 17.1 Å². The van der Waals surface area contributed by atoms with E-state index >= 15 is 0 Å². The van der Waals surface area contributed by atoms with Gasteiger partial charge in [0.05, 0.1) is 11.2 Å². The Morgan fingerprint density at radius 2 is 1.52 bits per heavy atom. The van der Waals surface area contributed by atoms with E-state index < -0.39 is 34.7 Å². The molecule has 3 aliphatic carbocycles. The standard InChI is InChI=1S/C21H18ClF4N3O4/c22-14-3-1-12(5-15(14)23)32-7-17(30)28-19-9-20(10-19,11-19)29-18(31)8-33-13-2-4-16(27-6-13)21(24,25)26/h1-6H,7-11H2,(H,28,30)(H,29,31). The van der Waals surface area contributed by atoms with Crippen LogP contribution < -0.4 is 20.1 Å². The highest BCUT2D eigenvalue weighted by molar-refractivity contribution is 6.30. The van der Waals surface area contributed by atoms with E-state index in [-0.39, 0.29) is 35.6 Å². The summed E-state index contributed by atoms with van der Waals surface area (Å²) in [5.74, 6) is -1.23. The van der Waals surface area contributed by atoms with Gasteiger partial charge in [-0.25, -0.2) is 9.37 Å². The Labute approximate surface area is 190 Å². The van der Waals surface area contributed by atoms with Crippen LogP contribution in [0.4, 0.5) is 17.6 Å². The highest BCUT2D eigenvalue weighted by Crippen LogP contribution is 2.60. The van der Waals surface area contributed by atoms with Crippen molar-refractivity contribution >= 4 is 23.4 Å². The van der Waals surface area contributed by atoms with E-state index in [2.05, 4.69) is 15.6 Å². The normalized spacial score (nSPS) is 23.1. The van der Waals surface area contributed by atoms with Crippen molar-refractivity contribution in [2.75, 3.05) is 13.2 Å². The van der Waals surface area contributed by atoms with Crippen molar-refractivity contribution in [1.82, 2.24) is 15.6 Å². The molecule has 2 N–H and O–H groups in total. The summed E-state index contributed by atoms with van der Waals surface area (Å²) >= 11 is 5.59. The summed E-state index contributed by atoms with van der Waals surface area (Å²) in [6.45, 7) is -0.670. The monoisotopic (exact) mass is 487 g/mol. The highest BCUT2D eigenvalue weighted by atomic mass is 35.5. The number of aromatic nitrogens is 1. The molecule has 0 saturated heterocycles. The Bertz CT molecular complexity index is 1060. The second kappa shape index (κ2) is 8.36. The number of nitrogens with zero attached hydrogens (tertiary/aromatic N) is 1. The second-order valence-electron chi connectivity index (χ2n) is 8.22. The first-order valence-electron chi connectivity index (χ1n) is 9.84. The molecule has 2 bridgehead atoms. The number of pyridine rings is 1. The zero-order valence-corrected chi connectivity index (χ0v) is 17.7. The van der Waals surface area contributed by atoms with Crippen LogP contribution in [0.3, 0.4) is 0 Å². The number of ether oxygens (including phenoxy) is 2. The molecule has 5 rings (SSSR count). The first-order chi connectivity index (χ1) is 15.5. The summed E-state index contributed by atoms with van der Waals surface area (Å²) < 4.78 is 61.4. The minimum atomic E-state index is -4.55. The number of benzene rings is 1. The maximum absolute atomic E-state index is 13.4. The maximum atomic E-state index is 13.4. The van der Waals surface area contributed by atoms with Crippen LogP contribution in [0.1, 0.15) is 25.0 Å². The summed E-state index contributed by atoms with van der Waals surface area (Å²) in [7, 11) is 0. The molecule has 0 atom stereocenters. The lowest BCUT2D eigenvalue weighted by Crippen LogP contribution is -2.84. The molecule has 176 valence electrons. The van der Waals surface area contributed by atoms with E-state index in [0.717, 1.165) is 24.4 Å². The van der Waals surface area contributed by atoms with Gasteiger partial charge in [-0.05, 0) is 43.5 Å². The summed E-state index contributed by atoms with van der Waals surface area (Å²) in [5, 5.41) is 5.65. The van der Waals surface area contributed by atoms with Gasteiger partial charge in [-0.2, -0.15) is 13.2 Å². The number of rotatable bonds is 8. The Morgan fingerprint density at radius 3 is 2.00 bits per heavy atom. The van der Waals surface area contributed by atoms with E-state index in [9.17, 15) is 27.2 Å². The predicted octanol–water partition coefficient (Wildman–Crippen LogP) is 3.26. The smallest absolute Gasteiger partial charge is 0.433 e. The van der Waals surface area contributed by atoms with E-state index in [1.54, 1.807) is 0 Å². The van der Waals surface area contributed by atoms with Gasteiger partial charge in [0.2, 0.25) is 0 Å². The van der Waals surface area contributed by atoms with Crippen molar-refractivity contribution in [1.29, 1.82) is 0 Å². The third-order valence-corrected chi connectivity index (χ3v) is 5.80. The SMILES string of the molecule is O=C(COc1ccc(C(F)(F)F)nc1)NC12CC(NC(=O)COc3ccc(Cl)c(F)c3)(C1)C2. The molecule has 3 fully saturated rings. The van der Waals surface area contributed by atoms with Gasteiger partial charge >= 0.3 is 6.18 Å². The van der Waals surface area contributed by atoms with Gasteiger partial charge in [0.25, 0.3) is 11.8 Å². The molecule has 1 heterocycles. The Balaban J connectivity index is 1.16. The van der Waals surface area contributed by atoms with Crippen molar-refractivity contribution in [3.8, 4) is 11.5 Å². The number of alkyl halides is 3. The van der Waals surface area contributed by atoms with Crippen LogP contribution in [0.25, 0.3) is 0 Å². The molecule has 2 amide bonds. The molecular weight excluding hydrogens is 470 g/mol. The van der Waals surface area contributed by atoms with Gasteiger partial charge in [-0.3, -0.25) is 9.59 Å². The number of carbonyl (C=O) groups excluding carboxylic acids is 2. The van der Waals surface area contributed by atoms with Gasteiger partial charge in [0.15, 0.2) is 13.2 Å². The summed E-state index contributed by atoms with van der Waals surface area (Å²) in [4.78, 5) is 27.5. The van der Waals surface area contributed by atoms with Crippen LogP contribution in [0.2, 0.25) is 5.02 Å². The van der Waals surface area contributed by atoms with Crippen molar-refractivity contribution in [3.63, 3.8) is 0 Å². The second-order valence-corrected chi connectivity index (χ2v) is 8.62. The topological polar surface area (TPSA) is 89.5 Å². The van der Waals surface area contributed by atoms with Crippen LogP contribution in [-0.2, 0) is 15.8 Å². The summed E-state index contributed by atoms with van der Waals surface area (Å²) in [6.07, 6.45) is -2.04. The number of hydrogen-bond donors (Lipinski definition) is 2. The van der Waals surface area contributed by atoms with E-state index in [1.165, 1.54) is 12.1 Å². The minimum absolute atomic E-state index is 0.0417. The molecule has 12 heteroatoms. The molecular formula is C21H18ClF4N3O4. The van der Waals surface area contributed by atoms with Gasteiger partial charge < -0.3 is 20.1 Å². The first-order valence-corrected chi connectivity index (χ1v) is 10.2. The molecule has 1 aromatic heterocycles. The molecule has 0 aliphatic heterocycles. The minimum Gasteiger partial charge on any atom is -0.484 e. The third-order valence-electron chi connectivity index (χ3n) is 5.50. The summed E-state index contributed by atoms with van der Waals surface area (Å²) in [6, 6.07) is 5.73. The van der Waals surface area contributed by atoms with Crippen LogP contribution >= 0.6 is 11.6 Å². The van der Waals surface area contributed by atoms with Gasteiger partial charge in [-0.15, -0.1) is 0 Å². The molecule has 0 spiro atoms. The Morgan fingerprint density at radius 1 is 0.970 bits per heavy atom. The maximum Gasteiger partial charge on any atom is 0.433 e. The fraction of sp³-hybridized carbons (Fsp3) is 0.381. The number of nitrogens with one attached hydrogen (secondary N) is 2. The largest absolute Gasteiger partial charge is 0.484 e. The fourth-order valence-corrected chi connectivity index (χ4v) is 4.33. The van der Waals surface area contributed by atoms with E-state index in [0.29, 0.717) is 19.3 Å². The number of amides is 2. The highest BCUT2D eigenvalue weighted by Gasteiger charge is 2.69. The molecule has 3 aliphatic rings. The van der Waals surface area contributed by atoms with Gasteiger partial charge in [0.1, 0.15) is 23.0 Å². The number of hydrogen-bond acceptors (Lipinski definition) is 5. The van der Waals surface area contributed by atoms with Crippen molar-refractivity contribution in [3.05, 3.63) is 53.1 Å². The number of halogens is 5. The number of carbonyl (C=O) groups is 2. The quantitative estimate of drug-likeness (QED) is 0.558. The third kappa shape index (κ3) is 5.13. The lowest BCUT2D eigenvalue weighted by atomic mass is 9.44. The van der Waals surface area contributed by atoms with Crippen molar-refractivity contribution < 1.29 is 36.6 Å². The molecule has 1 aromatic carbocycles. The fourth-order valence-electron chi connectivity index (χ4n) is 4.21. The van der Waals surface area contributed by atoms with Crippen LogP contribution in [0.15, 0.2) is 36.5 Å². The average molecular weight is 488 g/mol. The summed E-state index contributed by atoms with van der Waals surface area (Å²) in [5.41, 5.74) is -1.91. The zero-order chi connectivity index (χ0) is 23.9. The molecule has 2 aromatic rings. The predicted molar refractivity (Wildman–Crippen MR) is 107 cm³/mol. The Hall–Kier alpha value is -3.08. The van der Waals surface area contributed by atoms with E-state index in [1.807, 2.05) is 0 Å². The lowest BCUT2D eigenvalue weighted by Gasteiger charge is -2.70. The lowest BCUT2D eigenvalue weighted by molar-refractivity contribution is -0.151. The van der Waals surface area contributed by atoms with Crippen LogP contribution in [-0.4, -0.2) is 41.1 Å². The van der Waals surface area contributed by atoms with Crippen LogP contribution in [0, 0.1) is 5.82 Å². The van der Waals surface area contributed by atoms with Crippen molar-refractivity contribution in [2.24, 2.45) is 0 Å². The van der Waals surface area contributed by atoms with Gasteiger partial charge in [-0.1, -0.05) is 11.6 Å². The molecule has 33 heavy (non-hydrogen) atoms. The average Bonchev–Trinajstić information content (AvgIpc) is 2.70. The molecule has 3 saturated carbocycles. The Kier molecular flexibility index (Phi) is 5.85. The molecule has 7 nitrogen and oxygen atoms in total. The first kappa shape index (κ1) is 23.1. The van der Waals surface area contributed by atoms with Crippen LogP contribution in [0.5, 0.6) is 11.5 Å².